The predicted octanol–water partition coefficient (Wildman–Crippen LogP) is 3.65. The van der Waals surface area contributed by atoms with Crippen molar-refractivity contribution in [2.45, 2.75) is 13.0 Å². The Bertz CT molecular complexity index is 1060. The number of nitrogens with one attached hydrogen (secondary N) is 1. The molecule has 148 valence electrons. The fourth-order valence-corrected chi connectivity index (χ4v) is 3.37. The van der Waals surface area contributed by atoms with Crippen LogP contribution in [0.25, 0.3) is 10.8 Å². The highest BCUT2D eigenvalue weighted by Gasteiger charge is 2.18. The standard InChI is InChI=1S/C23H21NO5/c1-15(18-8-4-6-16-5-2-3-7-19(16)18)24-22(25)14-29-23(26)17-9-10-20-21(13-17)28-12-11-27-20/h2-10,13,15H,11-12,14H2,1H3,(H,24,25)/t15-/m1/s1. The minimum atomic E-state index is -0.588. The lowest BCUT2D eigenvalue weighted by Crippen LogP contribution is -2.31. The largest absolute Gasteiger partial charge is 0.486 e. The zero-order valence-electron chi connectivity index (χ0n) is 16.0. The molecule has 0 fully saturated rings. The minimum Gasteiger partial charge on any atom is -0.486 e. The maximum absolute atomic E-state index is 12.3. The first-order chi connectivity index (χ1) is 14.1. The topological polar surface area (TPSA) is 73.9 Å². The van der Waals surface area contributed by atoms with Gasteiger partial charge in [0.05, 0.1) is 11.6 Å². The van der Waals surface area contributed by atoms with Crippen LogP contribution in [-0.4, -0.2) is 31.7 Å². The van der Waals surface area contributed by atoms with Crippen molar-refractivity contribution in [1.82, 2.24) is 5.32 Å². The molecule has 4 rings (SSSR count). The summed E-state index contributed by atoms with van der Waals surface area (Å²) in [7, 11) is 0. The number of ether oxygens (including phenoxy) is 3. The Kier molecular flexibility index (Phi) is 5.33. The zero-order chi connectivity index (χ0) is 20.2. The van der Waals surface area contributed by atoms with Gasteiger partial charge in [0, 0.05) is 0 Å². The van der Waals surface area contributed by atoms with Gasteiger partial charge in [-0.25, -0.2) is 4.79 Å². The van der Waals surface area contributed by atoms with Gasteiger partial charge in [-0.15, -0.1) is 0 Å². The van der Waals surface area contributed by atoms with Gasteiger partial charge >= 0.3 is 5.97 Å². The maximum Gasteiger partial charge on any atom is 0.338 e. The van der Waals surface area contributed by atoms with E-state index in [4.69, 9.17) is 14.2 Å². The summed E-state index contributed by atoms with van der Waals surface area (Å²) in [5.74, 6) is 0.139. The lowest BCUT2D eigenvalue weighted by atomic mass is 10.00. The Labute approximate surface area is 168 Å². The first-order valence-corrected chi connectivity index (χ1v) is 9.45. The highest BCUT2D eigenvalue weighted by atomic mass is 16.6. The Morgan fingerprint density at radius 1 is 1.00 bits per heavy atom. The van der Waals surface area contributed by atoms with Crippen molar-refractivity contribution in [3.63, 3.8) is 0 Å². The smallest absolute Gasteiger partial charge is 0.338 e. The van der Waals surface area contributed by atoms with Crippen LogP contribution in [0.15, 0.2) is 60.7 Å². The summed E-state index contributed by atoms with van der Waals surface area (Å²) in [6.07, 6.45) is 0. The summed E-state index contributed by atoms with van der Waals surface area (Å²) in [5.41, 5.74) is 1.32. The number of hydrogen-bond donors (Lipinski definition) is 1. The molecule has 29 heavy (non-hydrogen) atoms. The summed E-state index contributed by atoms with van der Waals surface area (Å²) in [4.78, 5) is 24.6. The lowest BCUT2D eigenvalue weighted by Gasteiger charge is -2.18. The van der Waals surface area contributed by atoms with E-state index in [2.05, 4.69) is 5.32 Å². The number of hydrogen-bond acceptors (Lipinski definition) is 5. The highest BCUT2D eigenvalue weighted by molar-refractivity contribution is 5.92. The van der Waals surface area contributed by atoms with E-state index < -0.39 is 5.97 Å². The van der Waals surface area contributed by atoms with Crippen molar-refractivity contribution in [2.75, 3.05) is 19.8 Å². The van der Waals surface area contributed by atoms with Crippen molar-refractivity contribution in [3.8, 4) is 11.5 Å². The number of benzene rings is 3. The molecule has 1 atom stereocenters. The molecule has 6 heteroatoms. The first kappa shape index (κ1) is 18.8. The molecular weight excluding hydrogens is 370 g/mol. The van der Waals surface area contributed by atoms with E-state index >= 15 is 0 Å². The van der Waals surface area contributed by atoms with Crippen LogP contribution in [0.3, 0.4) is 0 Å². The molecule has 0 unspecified atom stereocenters. The molecule has 1 aliphatic heterocycles. The molecule has 1 heterocycles. The van der Waals surface area contributed by atoms with Gasteiger partial charge in [0.2, 0.25) is 0 Å². The maximum atomic E-state index is 12.3. The van der Waals surface area contributed by atoms with Gasteiger partial charge in [0.15, 0.2) is 18.1 Å². The van der Waals surface area contributed by atoms with Crippen LogP contribution in [0.2, 0.25) is 0 Å². The molecule has 1 amide bonds. The second kappa shape index (κ2) is 8.22. The third-order valence-corrected chi connectivity index (χ3v) is 4.78. The third kappa shape index (κ3) is 4.16. The number of carbonyl (C=O) groups is 2. The van der Waals surface area contributed by atoms with Gasteiger partial charge in [0.25, 0.3) is 5.91 Å². The zero-order valence-corrected chi connectivity index (χ0v) is 16.0. The van der Waals surface area contributed by atoms with E-state index in [-0.39, 0.29) is 18.6 Å². The van der Waals surface area contributed by atoms with E-state index in [0.29, 0.717) is 30.3 Å². The summed E-state index contributed by atoms with van der Waals surface area (Å²) in [6, 6.07) is 18.6. The van der Waals surface area contributed by atoms with Crippen molar-refractivity contribution < 1.29 is 23.8 Å². The summed E-state index contributed by atoms with van der Waals surface area (Å²) >= 11 is 0. The van der Waals surface area contributed by atoms with E-state index in [1.54, 1.807) is 18.2 Å². The molecule has 6 nitrogen and oxygen atoms in total. The second-order valence-electron chi connectivity index (χ2n) is 6.79. The van der Waals surface area contributed by atoms with Crippen LogP contribution >= 0.6 is 0 Å². The van der Waals surface area contributed by atoms with Crippen molar-refractivity contribution >= 4 is 22.6 Å². The van der Waals surface area contributed by atoms with E-state index in [1.807, 2.05) is 49.4 Å². The molecule has 0 bridgehead atoms. The van der Waals surface area contributed by atoms with Crippen molar-refractivity contribution in [2.24, 2.45) is 0 Å². The third-order valence-electron chi connectivity index (χ3n) is 4.78. The van der Waals surface area contributed by atoms with Crippen LogP contribution in [-0.2, 0) is 9.53 Å². The average Bonchev–Trinajstić information content (AvgIpc) is 2.76. The Hall–Kier alpha value is -3.54. The molecule has 0 radical (unpaired) electrons. The van der Waals surface area contributed by atoms with Gasteiger partial charge < -0.3 is 19.5 Å². The van der Waals surface area contributed by atoms with E-state index in [1.165, 1.54) is 0 Å². The van der Waals surface area contributed by atoms with Crippen LogP contribution in [0.1, 0.15) is 28.9 Å². The van der Waals surface area contributed by atoms with Gasteiger partial charge in [0.1, 0.15) is 13.2 Å². The number of rotatable bonds is 5. The van der Waals surface area contributed by atoms with Crippen molar-refractivity contribution in [3.05, 3.63) is 71.8 Å². The van der Waals surface area contributed by atoms with Gasteiger partial charge in [-0.1, -0.05) is 42.5 Å². The molecule has 0 saturated heterocycles. The highest BCUT2D eigenvalue weighted by Crippen LogP contribution is 2.31. The van der Waals surface area contributed by atoms with Crippen LogP contribution < -0.4 is 14.8 Å². The molecule has 1 aliphatic rings. The lowest BCUT2D eigenvalue weighted by molar-refractivity contribution is -0.124. The summed E-state index contributed by atoms with van der Waals surface area (Å²) in [6.45, 7) is 2.45. The predicted molar refractivity (Wildman–Crippen MR) is 108 cm³/mol. The normalized spacial score (nSPS) is 13.6. The molecular formula is C23H21NO5. The van der Waals surface area contributed by atoms with E-state index in [9.17, 15) is 9.59 Å². The number of fused-ring (bicyclic) bond motifs is 2. The molecule has 3 aromatic rings. The number of carbonyl (C=O) groups excluding carboxylic acids is 2. The van der Waals surface area contributed by atoms with Crippen LogP contribution in [0, 0.1) is 0 Å². The summed E-state index contributed by atoms with van der Waals surface area (Å²) in [5, 5.41) is 5.07. The molecule has 3 aromatic carbocycles. The Morgan fingerprint density at radius 2 is 1.76 bits per heavy atom. The van der Waals surface area contributed by atoms with Crippen LogP contribution in [0.5, 0.6) is 11.5 Å². The second-order valence-corrected chi connectivity index (χ2v) is 6.79. The van der Waals surface area contributed by atoms with Crippen molar-refractivity contribution in [1.29, 1.82) is 0 Å². The fourth-order valence-electron chi connectivity index (χ4n) is 3.37. The SMILES string of the molecule is C[C@@H](NC(=O)COC(=O)c1ccc2c(c1)OCCO2)c1cccc2ccccc12. The van der Waals surface area contributed by atoms with Gasteiger partial charge in [-0.05, 0) is 41.5 Å². The first-order valence-electron chi connectivity index (χ1n) is 9.45. The molecule has 0 aromatic heterocycles. The Morgan fingerprint density at radius 3 is 2.62 bits per heavy atom. The number of esters is 1. The fraction of sp³-hybridized carbons (Fsp3) is 0.217. The van der Waals surface area contributed by atoms with Gasteiger partial charge in [-0.3, -0.25) is 4.79 Å². The molecule has 1 N–H and O–H groups in total. The molecule has 0 spiro atoms. The Balaban J connectivity index is 1.36. The quantitative estimate of drug-likeness (QED) is 0.672. The molecule has 0 saturated carbocycles. The van der Waals surface area contributed by atoms with E-state index in [0.717, 1.165) is 16.3 Å². The van der Waals surface area contributed by atoms with Crippen LogP contribution in [0.4, 0.5) is 0 Å². The summed E-state index contributed by atoms with van der Waals surface area (Å²) < 4.78 is 16.1. The van der Waals surface area contributed by atoms with Gasteiger partial charge in [-0.2, -0.15) is 0 Å². The number of amides is 1. The average molecular weight is 391 g/mol. The monoisotopic (exact) mass is 391 g/mol. The molecule has 0 aliphatic carbocycles. The minimum absolute atomic E-state index is 0.221.